The SMILES string of the molecule is Cc1c(C(C)NCc2ccc(F)c(Cl)c2)cnn1C. The molecule has 1 N–H and O–H groups in total. The van der Waals surface area contributed by atoms with E-state index in [2.05, 4.69) is 17.3 Å². The van der Waals surface area contributed by atoms with Gasteiger partial charge in [0.15, 0.2) is 0 Å². The first kappa shape index (κ1) is 14.0. The number of aryl methyl sites for hydroxylation is 1. The van der Waals surface area contributed by atoms with E-state index in [4.69, 9.17) is 11.6 Å². The summed E-state index contributed by atoms with van der Waals surface area (Å²) < 4.78 is 14.9. The van der Waals surface area contributed by atoms with Gasteiger partial charge in [0, 0.05) is 30.9 Å². The molecule has 1 atom stereocenters. The first-order chi connectivity index (χ1) is 8.99. The lowest BCUT2D eigenvalue weighted by molar-refractivity contribution is 0.569. The molecule has 0 bridgehead atoms. The third-order valence-corrected chi connectivity index (χ3v) is 3.63. The van der Waals surface area contributed by atoms with Crippen LogP contribution in [0.15, 0.2) is 24.4 Å². The van der Waals surface area contributed by atoms with Gasteiger partial charge >= 0.3 is 0 Å². The molecule has 0 amide bonds. The van der Waals surface area contributed by atoms with Gasteiger partial charge in [-0.25, -0.2) is 4.39 Å². The topological polar surface area (TPSA) is 29.9 Å². The number of aromatic nitrogens is 2. The minimum Gasteiger partial charge on any atom is -0.306 e. The molecule has 3 nitrogen and oxygen atoms in total. The van der Waals surface area contributed by atoms with E-state index in [0.29, 0.717) is 6.54 Å². The molecule has 0 aliphatic heterocycles. The molecule has 0 spiro atoms. The smallest absolute Gasteiger partial charge is 0.141 e. The van der Waals surface area contributed by atoms with Gasteiger partial charge in [-0.2, -0.15) is 5.10 Å². The Morgan fingerprint density at radius 1 is 1.47 bits per heavy atom. The quantitative estimate of drug-likeness (QED) is 0.931. The summed E-state index contributed by atoms with van der Waals surface area (Å²) in [5.41, 5.74) is 3.26. The Hall–Kier alpha value is -1.39. The summed E-state index contributed by atoms with van der Waals surface area (Å²) in [7, 11) is 1.92. The maximum Gasteiger partial charge on any atom is 0.141 e. The zero-order valence-electron chi connectivity index (χ0n) is 11.2. The Morgan fingerprint density at radius 3 is 2.79 bits per heavy atom. The fourth-order valence-electron chi connectivity index (χ4n) is 1.97. The van der Waals surface area contributed by atoms with E-state index in [-0.39, 0.29) is 16.9 Å². The van der Waals surface area contributed by atoms with Crippen LogP contribution in [0.5, 0.6) is 0 Å². The summed E-state index contributed by atoms with van der Waals surface area (Å²) in [5.74, 6) is -0.387. The first-order valence-electron chi connectivity index (χ1n) is 6.15. The molecule has 0 fully saturated rings. The Labute approximate surface area is 117 Å². The summed E-state index contributed by atoms with van der Waals surface area (Å²) in [4.78, 5) is 0. The number of hydrogen-bond donors (Lipinski definition) is 1. The zero-order chi connectivity index (χ0) is 14.0. The molecule has 102 valence electrons. The highest BCUT2D eigenvalue weighted by molar-refractivity contribution is 6.30. The van der Waals surface area contributed by atoms with E-state index in [0.717, 1.165) is 16.8 Å². The average molecular weight is 282 g/mol. The van der Waals surface area contributed by atoms with Crippen molar-refractivity contribution < 1.29 is 4.39 Å². The van der Waals surface area contributed by atoms with Crippen molar-refractivity contribution in [2.45, 2.75) is 26.4 Å². The van der Waals surface area contributed by atoms with Gasteiger partial charge in [0.25, 0.3) is 0 Å². The number of rotatable bonds is 4. The molecule has 0 saturated carbocycles. The highest BCUT2D eigenvalue weighted by Crippen LogP contribution is 2.19. The van der Waals surface area contributed by atoms with Gasteiger partial charge in [-0.3, -0.25) is 4.68 Å². The van der Waals surface area contributed by atoms with Crippen molar-refractivity contribution in [1.29, 1.82) is 0 Å². The summed E-state index contributed by atoms with van der Waals surface area (Å²) in [6, 6.07) is 4.95. The van der Waals surface area contributed by atoms with Crippen molar-refractivity contribution in [2.75, 3.05) is 0 Å². The van der Waals surface area contributed by atoms with Gasteiger partial charge in [0.05, 0.1) is 11.2 Å². The molecule has 2 aromatic rings. The van der Waals surface area contributed by atoms with Crippen molar-refractivity contribution in [3.05, 3.63) is 52.1 Å². The van der Waals surface area contributed by atoms with Crippen LogP contribution in [-0.2, 0) is 13.6 Å². The van der Waals surface area contributed by atoms with Gasteiger partial charge in [0.2, 0.25) is 0 Å². The van der Waals surface area contributed by atoms with Gasteiger partial charge in [-0.05, 0) is 31.5 Å². The fourth-order valence-corrected chi connectivity index (χ4v) is 2.17. The normalized spacial score (nSPS) is 12.7. The number of halogens is 2. The Bertz CT molecular complexity index is 580. The van der Waals surface area contributed by atoms with Crippen molar-refractivity contribution >= 4 is 11.6 Å². The maximum atomic E-state index is 13.1. The average Bonchev–Trinajstić information content (AvgIpc) is 2.71. The molecular formula is C14H17ClFN3. The number of benzene rings is 1. The van der Waals surface area contributed by atoms with Crippen LogP contribution in [0.25, 0.3) is 0 Å². The summed E-state index contributed by atoms with van der Waals surface area (Å²) in [6.07, 6.45) is 1.87. The lowest BCUT2D eigenvalue weighted by Gasteiger charge is -2.14. The highest BCUT2D eigenvalue weighted by Gasteiger charge is 2.11. The van der Waals surface area contributed by atoms with Crippen LogP contribution in [-0.4, -0.2) is 9.78 Å². The molecule has 0 aliphatic rings. The molecule has 0 saturated heterocycles. The van der Waals surface area contributed by atoms with E-state index >= 15 is 0 Å². The number of nitrogens with zero attached hydrogens (tertiary/aromatic N) is 2. The minimum absolute atomic E-state index is 0.157. The number of hydrogen-bond acceptors (Lipinski definition) is 2. The van der Waals surface area contributed by atoms with E-state index in [1.165, 1.54) is 6.07 Å². The van der Waals surface area contributed by atoms with E-state index in [1.54, 1.807) is 12.1 Å². The van der Waals surface area contributed by atoms with Crippen molar-refractivity contribution in [2.24, 2.45) is 7.05 Å². The Kier molecular flexibility index (Phi) is 4.22. The molecule has 19 heavy (non-hydrogen) atoms. The van der Waals surface area contributed by atoms with Crippen molar-refractivity contribution in [3.8, 4) is 0 Å². The largest absolute Gasteiger partial charge is 0.306 e. The van der Waals surface area contributed by atoms with Gasteiger partial charge in [-0.15, -0.1) is 0 Å². The molecule has 5 heteroatoms. The lowest BCUT2D eigenvalue weighted by Crippen LogP contribution is -2.18. The van der Waals surface area contributed by atoms with Gasteiger partial charge in [-0.1, -0.05) is 17.7 Å². The second-order valence-electron chi connectivity index (χ2n) is 4.66. The molecule has 1 unspecified atom stereocenters. The summed E-state index contributed by atoms with van der Waals surface area (Å²) >= 11 is 5.76. The molecule has 2 rings (SSSR count). The standard InChI is InChI=1S/C14H17ClFN3/c1-9(12-8-18-19(3)10(12)2)17-7-11-4-5-14(16)13(15)6-11/h4-6,8-9,17H,7H2,1-3H3. The van der Waals surface area contributed by atoms with Crippen LogP contribution >= 0.6 is 11.6 Å². The van der Waals surface area contributed by atoms with Crippen molar-refractivity contribution in [1.82, 2.24) is 15.1 Å². The van der Waals surface area contributed by atoms with Gasteiger partial charge < -0.3 is 5.32 Å². The Morgan fingerprint density at radius 2 is 2.21 bits per heavy atom. The predicted octanol–water partition coefficient (Wildman–Crippen LogP) is 3.37. The Balaban J connectivity index is 2.02. The monoisotopic (exact) mass is 281 g/mol. The lowest BCUT2D eigenvalue weighted by atomic mass is 10.1. The van der Waals surface area contributed by atoms with E-state index in [9.17, 15) is 4.39 Å². The highest BCUT2D eigenvalue weighted by atomic mass is 35.5. The third kappa shape index (κ3) is 3.14. The predicted molar refractivity (Wildman–Crippen MR) is 74.6 cm³/mol. The number of nitrogens with one attached hydrogen (secondary N) is 1. The summed E-state index contributed by atoms with van der Waals surface area (Å²) in [5, 5.41) is 7.76. The molecule has 0 radical (unpaired) electrons. The van der Waals surface area contributed by atoms with E-state index in [1.807, 2.05) is 24.9 Å². The van der Waals surface area contributed by atoms with Crippen LogP contribution in [0, 0.1) is 12.7 Å². The van der Waals surface area contributed by atoms with Crippen LogP contribution < -0.4 is 5.32 Å². The molecule has 0 aliphatic carbocycles. The molecule has 1 aromatic heterocycles. The van der Waals surface area contributed by atoms with Gasteiger partial charge in [0.1, 0.15) is 5.82 Å². The van der Waals surface area contributed by atoms with E-state index < -0.39 is 0 Å². The fraction of sp³-hybridized carbons (Fsp3) is 0.357. The zero-order valence-corrected chi connectivity index (χ0v) is 12.0. The maximum absolute atomic E-state index is 13.1. The molecule has 1 aromatic carbocycles. The van der Waals surface area contributed by atoms with Crippen LogP contribution in [0.1, 0.15) is 29.8 Å². The first-order valence-corrected chi connectivity index (χ1v) is 6.52. The van der Waals surface area contributed by atoms with Crippen LogP contribution in [0.4, 0.5) is 4.39 Å². The summed E-state index contributed by atoms with van der Waals surface area (Å²) in [6.45, 7) is 4.75. The van der Waals surface area contributed by atoms with Crippen molar-refractivity contribution in [3.63, 3.8) is 0 Å². The second kappa shape index (κ2) is 5.72. The third-order valence-electron chi connectivity index (χ3n) is 3.34. The molecular weight excluding hydrogens is 265 g/mol. The van der Waals surface area contributed by atoms with Crippen LogP contribution in [0.3, 0.4) is 0 Å². The molecule has 1 heterocycles. The van der Waals surface area contributed by atoms with Crippen LogP contribution in [0.2, 0.25) is 5.02 Å². The second-order valence-corrected chi connectivity index (χ2v) is 5.07. The minimum atomic E-state index is -0.387.